The number of ether oxygens (including phenoxy) is 2. The van der Waals surface area contributed by atoms with Crippen molar-refractivity contribution in [3.8, 4) is 6.07 Å². The Balaban J connectivity index is 1.88. The van der Waals surface area contributed by atoms with Crippen LogP contribution in [0.3, 0.4) is 0 Å². The summed E-state index contributed by atoms with van der Waals surface area (Å²) >= 11 is 3.70. The van der Waals surface area contributed by atoms with E-state index in [1.807, 2.05) is 97.1 Å². The van der Waals surface area contributed by atoms with Gasteiger partial charge in [0, 0.05) is 35.4 Å². The average Bonchev–Trinajstić information content (AvgIpc) is 3.02. The maximum absolute atomic E-state index is 14.2. The zero-order chi connectivity index (χ0) is 31.3. The molecule has 2 unspecified atom stereocenters. The molecule has 2 atom stereocenters. The number of carbonyl (C=O) groups excluding carboxylic acids is 2. The third-order valence-electron chi connectivity index (χ3n) is 7.70. The zero-order valence-electron chi connectivity index (χ0n) is 24.4. The monoisotopic (exact) mass is 646 g/mol. The second-order valence-corrected chi connectivity index (χ2v) is 11.9. The number of cyclic esters (lactones) is 2. The Labute approximate surface area is 265 Å². The van der Waals surface area contributed by atoms with Gasteiger partial charge in [-0.2, -0.15) is 5.26 Å². The lowest BCUT2D eigenvalue weighted by Gasteiger charge is -2.45. The lowest BCUT2D eigenvalue weighted by Crippen LogP contribution is -2.57. The third kappa shape index (κ3) is 5.99. The molecule has 220 valence electrons. The topological polar surface area (TPSA) is 88.8 Å². The Morgan fingerprint density at radius 2 is 1.39 bits per heavy atom. The smallest absolute Gasteiger partial charge is 0.327 e. The van der Waals surface area contributed by atoms with E-state index in [4.69, 9.17) is 14.5 Å². The molecule has 44 heavy (non-hydrogen) atoms. The molecule has 0 saturated carbocycles. The molecule has 1 aliphatic heterocycles. The number of hydrogen-bond donors (Lipinski definition) is 0. The van der Waals surface area contributed by atoms with E-state index in [0.717, 1.165) is 11.1 Å². The number of aliphatic imine (C=N–C) groups is 1. The molecule has 0 amide bonds. The quantitative estimate of drug-likeness (QED) is 0.0794. The van der Waals surface area contributed by atoms with E-state index in [1.54, 1.807) is 18.2 Å². The summed E-state index contributed by atoms with van der Waals surface area (Å²) in [6.07, 6.45) is 1.49. The van der Waals surface area contributed by atoms with Crippen LogP contribution in [0, 0.1) is 16.7 Å². The van der Waals surface area contributed by atoms with Crippen molar-refractivity contribution in [2.45, 2.75) is 38.0 Å². The van der Waals surface area contributed by atoms with Crippen LogP contribution in [0.4, 0.5) is 0 Å². The van der Waals surface area contributed by atoms with Crippen molar-refractivity contribution in [3.05, 3.63) is 154 Å². The summed E-state index contributed by atoms with van der Waals surface area (Å²) in [5.74, 6) is -3.78. The molecule has 0 spiro atoms. The molecule has 1 saturated heterocycles. The maximum atomic E-state index is 14.2. The molecular weight excluding hydrogens is 616 g/mol. The Kier molecular flexibility index (Phi) is 8.93. The maximum Gasteiger partial charge on any atom is 0.327 e. The fourth-order valence-electron chi connectivity index (χ4n) is 5.68. The summed E-state index contributed by atoms with van der Waals surface area (Å²) in [5, 5.41) is 9.55. The van der Waals surface area contributed by atoms with Crippen molar-refractivity contribution in [3.63, 3.8) is 0 Å². The number of rotatable bonds is 9. The number of carbonyl (C=O) groups is 2. The number of esters is 2. The molecule has 0 N–H and O–H groups in total. The molecule has 0 aromatic heterocycles. The number of nitrogens with zero attached hydrogens (tertiary/aromatic N) is 2. The first-order valence-corrected chi connectivity index (χ1v) is 15.0. The molecule has 1 fully saturated rings. The Bertz CT molecular complexity index is 1680. The van der Waals surface area contributed by atoms with Crippen LogP contribution in [-0.2, 0) is 19.1 Å². The van der Waals surface area contributed by atoms with Gasteiger partial charge in [0.25, 0.3) is 5.79 Å². The highest BCUT2D eigenvalue weighted by atomic mass is 79.9. The number of hydrogen-bond acceptors (Lipinski definition) is 6. The van der Waals surface area contributed by atoms with E-state index in [2.05, 4.69) is 28.6 Å². The molecule has 0 bridgehead atoms. The zero-order valence-corrected chi connectivity index (χ0v) is 26.0. The third-order valence-corrected chi connectivity index (χ3v) is 8.42. The van der Waals surface area contributed by atoms with Crippen LogP contribution in [0.2, 0.25) is 0 Å². The highest BCUT2D eigenvalue weighted by Gasteiger charge is 2.62. The first-order chi connectivity index (χ1) is 21.2. The number of benzene rings is 4. The molecule has 7 heteroatoms. The summed E-state index contributed by atoms with van der Waals surface area (Å²) in [6, 6.07) is 35.4. The lowest BCUT2D eigenvalue weighted by atomic mass is 9.64. The van der Waals surface area contributed by atoms with Gasteiger partial charge in [0.15, 0.2) is 5.41 Å². The van der Waals surface area contributed by atoms with Gasteiger partial charge in [0.05, 0.1) is 23.4 Å². The van der Waals surface area contributed by atoms with Crippen molar-refractivity contribution in [1.29, 1.82) is 5.26 Å². The SMILES string of the molecule is C=CCC1(C(c2ccccc2Br)C(N=C(c2ccccc2)c2ccccc2)c2ccc(C#N)cc2)C(=O)OC(C)(C)OC1=O. The molecule has 0 aliphatic carbocycles. The van der Waals surface area contributed by atoms with Gasteiger partial charge in [-0.3, -0.25) is 14.6 Å². The lowest BCUT2D eigenvalue weighted by molar-refractivity contribution is -0.253. The first kappa shape index (κ1) is 30.7. The number of nitriles is 1. The summed E-state index contributed by atoms with van der Waals surface area (Å²) in [6.45, 7) is 6.99. The fraction of sp³-hybridized carbons (Fsp3) is 0.189. The van der Waals surface area contributed by atoms with E-state index in [-0.39, 0.29) is 6.42 Å². The van der Waals surface area contributed by atoms with Gasteiger partial charge in [-0.05, 0) is 35.7 Å². The normalized spacial score (nSPS) is 16.4. The Morgan fingerprint density at radius 1 is 0.864 bits per heavy atom. The molecule has 4 aromatic carbocycles. The van der Waals surface area contributed by atoms with Crippen LogP contribution in [0.1, 0.15) is 60.0 Å². The first-order valence-electron chi connectivity index (χ1n) is 14.2. The standard InChI is InChI=1S/C37H31BrN2O4/c1-4-23-37(34(41)43-36(2,3)44-35(37)42)31(29-17-11-12-18-30(29)38)33(28-21-19-25(24-39)20-22-28)40-32(26-13-7-5-8-14-26)27-15-9-6-10-16-27/h4-22,31,33H,1,23H2,2-3H3. The van der Waals surface area contributed by atoms with E-state index in [0.29, 0.717) is 26.9 Å². The van der Waals surface area contributed by atoms with Gasteiger partial charge in [0.2, 0.25) is 0 Å². The molecule has 5 rings (SSSR count). The highest BCUT2D eigenvalue weighted by molar-refractivity contribution is 9.10. The van der Waals surface area contributed by atoms with Crippen LogP contribution >= 0.6 is 15.9 Å². The van der Waals surface area contributed by atoms with Gasteiger partial charge in [-0.25, -0.2) is 0 Å². The van der Waals surface area contributed by atoms with Crippen molar-refractivity contribution < 1.29 is 19.1 Å². The predicted molar refractivity (Wildman–Crippen MR) is 173 cm³/mol. The molecule has 1 aliphatic rings. The fourth-order valence-corrected chi connectivity index (χ4v) is 6.21. The minimum atomic E-state index is -1.83. The van der Waals surface area contributed by atoms with Crippen molar-refractivity contribution in [1.82, 2.24) is 0 Å². The molecular formula is C37H31BrN2O4. The van der Waals surface area contributed by atoms with Crippen LogP contribution < -0.4 is 0 Å². The van der Waals surface area contributed by atoms with Crippen LogP contribution in [0.25, 0.3) is 0 Å². The summed E-state index contributed by atoms with van der Waals surface area (Å²) < 4.78 is 12.3. The van der Waals surface area contributed by atoms with Crippen LogP contribution in [0.5, 0.6) is 0 Å². The van der Waals surface area contributed by atoms with Gasteiger partial charge < -0.3 is 9.47 Å². The highest BCUT2D eigenvalue weighted by Crippen LogP contribution is 2.54. The van der Waals surface area contributed by atoms with Gasteiger partial charge in [-0.15, -0.1) is 6.58 Å². The Morgan fingerprint density at radius 3 is 1.89 bits per heavy atom. The van der Waals surface area contributed by atoms with Gasteiger partial charge in [-0.1, -0.05) is 113 Å². The number of halogens is 1. The van der Waals surface area contributed by atoms with Gasteiger partial charge >= 0.3 is 11.9 Å². The largest absolute Gasteiger partial charge is 0.422 e. The van der Waals surface area contributed by atoms with E-state index < -0.39 is 35.1 Å². The molecule has 4 aromatic rings. The molecule has 1 heterocycles. The van der Waals surface area contributed by atoms with E-state index >= 15 is 0 Å². The van der Waals surface area contributed by atoms with E-state index in [9.17, 15) is 14.9 Å². The van der Waals surface area contributed by atoms with Crippen molar-refractivity contribution >= 4 is 33.6 Å². The minimum absolute atomic E-state index is 0.0545. The second kappa shape index (κ2) is 12.8. The van der Waals surface area contributed by atoms with Crippen LogP contribution in [-0.4, -0.2) is 23.4 Å². The molecule has 0 radical (unpaired) electrons. The summed E-state index contributed by atoms with van der Waals surface area (Å²) in [4.78, 5) is 33.9. The van der Waals surface area contributed by atoms with Crippen LogP contribution in [0.15, 0.2) is 131 Å². The second-order valence-electron chi connectivity index (χ2n) is 11.0. The van der Waals surface area contributed by atoms with Crippen molar-refractivity contribution in [2.75, 3.05) is 0 Å². The summed E-state index contributed by atoms with van der Waals surface area (Å²) in [7, 11) is 0. The summed E-state index contributed by atoms with van der Waals surface area (Å²) in [5.41, 5.74) is 2.39. The van der Waals surface area contributed by atoms with E-state index in [1.165, 1.54) is 13.8 Å². The Hall–Kier alpha value is -4.80. The minimum Gasteiger partial charge on any atom is -0.422 e. The van der Waals surface area contributed by atoms with Gasteiger partial charge in [0.1, 0.15) is 0 Å². The van der Waals surface area contributed by atoms with Crippen molar-refractivity contribution in [2.24, 2.45) is 10.4 Å². The predicted octanol–water partition coefficient (Wildman–Crippen LogP) is 8.08. The molecule has 6 nitrogen and oxygen atoms in total. The number of allylic oxidation sites excluding steroid dienone is 1. The average molecular weight is 648 g/mol.